The number of anilines is 1. The SMILES string of the molecule is Cc1nn(C)cc1NC(=O)CN1CCCN(Cc2ccccn2)CC1. The third-order valence-corrected chi connectivity index (χ3v) is 4.45. The Bertz CT molecular complexity index is 699. The summed E-state index contributed by atoms with van der Waals surface area (Å²) in [5, 5.41) is 7.21. The number of carbonyl (C=O) groups excluding carboxylic acids is 1. The molecule has 0 unspecified atom stereocenters. The van der Waals surface area contributed by atoms with Gasteiger partial charge in [-0.25, -0.2) is 0 Å². The highest BCUT2D eigenvalue weighted by Gasteiger charge is 2.18. The predicted octanol–water partition coefficient (Wildman–Crippen LogP) is 1.27. The summed E-state index contributed by atoms with van der Waals surface area (Å²) in [7, 11) is 1.85. The minimum Gasteiger partial charge on any atom is -0.322 e. The molecule has 0 atom stereocenters. The molecular weight excluding hydrogens is 316 g/mol. The molecule has 0 radical (unpaired) electrons. The normalized spacial score (nSPS) is 16.6. The minimum atomic E-state index is 0.0225. The molecule has 0 aliphatic carbocycles. The van der Waals surface area contributed by atoms with Crippen LogP contribution in [0.5, 0.6) is 0 Å². The maximum absolute atomic E-state index is 12.3. The number of nitrogens with zero attached hydrogens (tertiary/aromatic N) is 5. The molecule has 1 aliphatic heterocycles. The number of aromatic nitrogens is 3. The van der Waals surface area contributed by atoms with Crippen molar-refractivity contribution in [2.24, 2.45) is 7.05 Å². The molecule has 0 bridgehead atoms. The van der Waals surface area contributed by atoms with Gasteiger partial charge in [0.05, 0.1) is 23.6 Å². The number of hydrogen-bond acceptors (Lipinski definition) is 5. The van der Waals surface area contributed by atoms with Gasteiger partial charge in [0.15, 0.2) is 0 Å². The third-order valence-electron chi connectivity index (χ3n) is 4.45. The van der Waals surface area contributed by atoms with Crippen LogP contribution < -0.4 is 5.32 Å². The molecule has 134 valence electrons. The number of rotatable bonds is 5. The molecule has 1 amide bonds. The maximum atomic E-state index is 12.3. The van der Waals surface area contributed by atoms with Gasteiger partial charge in [-0.1, -0.05) is 6.07 Å². The molecule has 1 saturated heterocycles. The van der Waals surface area contributed by atoms with E-state index in [9.17, 15) is 4.79 Å². The summed E-state index contributed by atoms with van der Waals surface area (Å²) in [6.45, 7) is 7.02. The smallest absolute Gasteiger partial charge is 0.238 e. The van der Waals surface area contributed by atoms with Gasteiger partial charge in [0.1, 0.15) is 0 Å². The van der Waals surface area contributed by atoms with Gasteiger partial charge in [0.25, 0.3) is 0 Å². The Morgan fingerprint density at radius 1 is 1.20 bits per heavy atom. The molecule has 1 fully saturated rings. The standard InChI is InChI=1S/C18H26N6O/c1-15-17(13-22(2)21-15)20-18(25)14-24-9-5-8-23(10-11-24)12-16-6-3-4-7-19-16/h3-4,6-7,13H,5,8-12,14H2,1-2H3,(H,20,25). The minimum absolute atomic E-state index is 0.0225. The highest BCUT2D eigenvalue weighted by Crippen LogP contribution is 2.12. The van der Waals surface area contributed by atoms with Gasteiger partial charge in [0, 0.05) is 39.1 Å². The average Bonchev–Trinajstić information content (AvgIpc) is 2.77. The van der Waals surface area contributed by atoms with Crippen molar-refractivity contribution in [3.05, 3.63) is 42.0 Å². The second kappa shape index (κ2) is 8.22. The first-order chi connectivity index (χ1) is 12.1. The lowest BCUT2D eigenvalue weighted by molar-refractivity contribution is -0.117. The van der Waals surface area contributed by atoms with Gasteiger partial charge in [0.2, 0.25) is 5.91 Å². The molecule has 0 spiro atoms. The number of pyridine rings is 1. The topological polar surface area (TPSA) is 66.3 Å². The number of aryl methyl sites for hydroxylation is 2. The Morgan fingerprint density at radius 3 is 2.72 bits per heavy atom. The van der Waals surface area contributed by atoms with E-state index in [-0.39, 0.29) is 5.91 Å². The number of hydrogen-bond donors (Lipinski definition) is 1. The van der Waals surface area contributed by atoms with E-state index in [2.05, 4.69) is 31.3 Å². The number of amides is 1. The lowest BCUT2D eigenvalue weighted by Crippen LogP contribution is -2.36. The van der Waals surface area contributed by atoms with Crippen LogP contribution in [0, 0.1) is 6.92 Å². The van der Waals surface area contributed by atoms with E-state index in [1.165, 1.54) is 0 Å². The van der Waals surface area contributed by atoms with Crippen LogP contribution in [0.25, 0.3) is 0 Å². The van der Waals surface area contributed by atoms with Gasteiger partial charge < -0.3 is 5.32 Å². The number of carbonyl (C=O) groups is 1. The Labute approximate surface area is 148 Å². The van der Waals surface area contributed by atoms with Crippen molar-refractivity contribution in [1.82, 2.24) is 24.6 Å². The van der Waals surface area contributed by atoms with E-state index in [0.717, 1.165) is 56.2 Å². The Balaban J connectivity index is 1.48. The molecule has 0 saturated carbocycles. The van der Waals surface area contributed by atoms with Crippen molar-refractivity contribution in [3.63, 3.8) is 0 Å². The highest BCUT2D eigenvalue weighted by molar-refractivity contribution is 5.92. The van der Waals surface area contributed by atoms with Crippen LogP contribution in [0.1, 0.15) is 17.8 Å². The monoisotopic (exact) mass is 342 g/mol. The fraction of sp³-hybridized carbons (Fsp3) is 0.500. The molecule has 7 heteroatoms. The second-order valence-corrected chi connectivity index (χ2v) is 6.58. The zero-order chi connectivity index (χ0) is 17.6. The van der Waals surface area contributed by atoms with Crippen LogP contribution in [0.4, 0.5) is 5.69 Å². The first kappa shape index (κ1) is 17.6. The molecule has 1 aliphatic rings. The summed E-state index contributed by atoms with van der Waals surface area (Å²) < 4.78 is 1.71. The lowest BCUT2D eigenvalue weighted by Gasteiger charge is -2.21. The number of nitrogens with one attached hydrogen (secondary N) is 1. The molecule has 3 heterocycles. The summed E-state index contributed by atoms with van der Waals surface area (Å²) in [5.41, 5.74) is 2.73. The summed E-state index contributed by atoms with van der Waals surface area (Å²) in [6.07, 6.45) is 4.74. The quantitative estimate of drug-likeness (QED) is 0.886. The van der Waals surface area contributed by atoms with Gasteiger partial charge >= 0.3 is 0 Å². The fourth-order valence-electron chi connectivity index (χ4n) is 3.18. The van der Waals surface area contributed by atoms with E-state index < -0.39 is 0 Å². The fourth-order valence-corrected chi connectivity index (χ4v) is 3.18. The third kappa shape index (κ3) is 5.11. The molecular formula is C18H26N6O. The van der Waals surface area contributed by atoms with Gasteiger partial charge in [-0.2, -0.15) is 5.10 Å². The average molecular weight is 342 g/mol. The molecule has 2 aromatic rings. The van der Waals surface area contributed by atoms with Crippen molar-refractivity contribution in [1.29, 1.82) is 0 Å². The Kier molecular flexibility index (Phi) is 5.78. The summed E-state index contributed by atoms with van der Waals surface area (Å²) >= 11 is 0. The zero-order valence-electron chi connectivity index (χ0n) is 15.0. The van der Waals surface area contributed by atoms with Crippen LogP contribution in [0.15, 0.2) is 30.6 Å². The van der Waals surface area contributed by atoms with Crippen LogP contribution >= 0.6 is 0 Å². The van der Waals surface area contributed by atoms with E-state index in [1.807, 2.05) is 38.5 Å². The van der Waals surface area contributed by atoms with Crippen molar-refractivity contribution in [2.75, 3.05) is 38.0 Å². The van der Waals surface area contributed by atoms with Crippen molar-refractivity contribution >= 4 is 11.6 Å². The molecule has 2 aromatic heterocycles. The van der Waals surface area contributed by atoms with Crippen LogP contribution in [0.2, 0.25) is 0 Å². The highest BCUT2D eigenvalue weighted by atomic mass is 16.2. The van der Waals surface area contributed by atoms with Gasteiger partial charge in [-0.05, 0) is 38.6 Å². The predicted molar refractivity (Wildman–Crippen MR) is 97.1 cm³/mol. The molecule has 3 rings (SSSR count). The second-order valence-electron chi connectivity index (χ2n) is 6.58. The molecule has 25 heavy (non-hydrogen) atoms. The van der Waals surface area contributed by atoms with Crippen LogP contribution in [-0.2, 0) is 18.4 Å². The Morgan fingerprint density at radius 2 is 2.00 bits per heavy atom. The van der Waals surface area contributed by atoms with Crippen molar-refractivity contribution in [2.45, 2.75) is 19.9 Å². The van der Waals surface area contributed by atoms with E-state index in [0.29, 0.717) is 6.54 Å². The van der Waals surface area contributed by atoms with E-state index in [1.54, 1.807) is 4.68 Å². The lowest BCUT2D eigenvalue weighted by atomic mass is 10.3. The van der Waals surface area contributed by atoms with Gasteiger partial charge in [-0.3, -0.25) is 24.3 Å². The zero-order valence-corrected chi connectivity index (χ0v) is 15.0. The molecule has 1 N–H and O–H groups in total. The first-order valence-corrected chi connectivity index (χ1v) is 8.75. The van der Waals surface area contributed by atoms with E-state index >= 15 is 0 Å². The van der Waals surface area contributed by atoms with Crippen molar-refractivity contribution in [3.8, 4) is 0 Å². The maximum Gasteiger partial charge on any atom is 0.238 e. The molecule has 7 nitrogen and oxygen atoms in total. The van der Waals surface area contributed by atoms with E-state index in [4.69, 9.17) is 0 Å². The van der Waals surface area contributed by atoms with Crippen molar-refractivity contribution < 1.29 is 4.79 Å². The van der Waals surface area contributed by atoms with Crippen LogP contribution in [-0.4, -0.2) is 63.2 Å². The summed E-state index contributed by atoms with van der Waals surface area (Å²) in [5.74, 6) is 0.0225. The van der Waals surface area contributed by atoms with Gasteiger partial charge in [-0.15, -0.1) is 0 Å². The van der Waals surface area contributed by atoms with Crippen LogP contribution in [0.3, 0.4) is 0 Å². The first-order valence-electron chi connectivity index (χ1n) is 8.75. The molecule has 0 aromatic carbocycles. The summed E-state index contributed by atoms with van der Waals surface area (Å²) in [6, 6.07) is 6.03. The Hall–Kier alpha value is -2.25. The summed E-state index contributed by atoms with van der Waals surface area (Å²) in [4.78, 5) is 21.3. The largest absolute Gasteiger partial charge is 0.322 e.